The van der Waals surface area contributed by atoms with Crippen molar-refractivity contribution < 1.29 is 22.0 Å². The second-order valence-corrected chi connectivity index (χ2v) is 7.87. The van der Waals surface area contributed by atoms with Gasteiger partial charge in [-0.05, 0) is 37.3 Å². The number of rotatable bonds is 4. The molecule has 0 bridgehead atoms. The van der Waals surface area contributed by atoms with Crippen molar-refractivity contribution in [2.24, 2.45) is 11.7 Å². The molecule has 0 aromatic carbocycles. The van der Waals surface area contributed by atoms with Gasteiger partial charge in [0.1, 0.15) is 4.88 Å². The Labute approximate surface area is 137 Å². The van der Waals surface area contributed by atoms with Crippen LogP contribution in [0.1, 0.15) is 23.0 Å². The number of amides is 1. The van der Waals surface area contributed by atoms with E-state index in [0.717, 1.165) is 23.8 Å². The Kier molecular flexibility index (Phi) is 6.31. The third kappa shape index (κ3) is 3.42. The largest absolute Gasteiger partial charge is 0.341 e. The summed E-state index contributed by atoms with van der Waals surface area (Å²) in [5, 5.41) is 1.34. The molecule has 0 saturated carbocycles. The average molecular weight is 375 g/mol. The van der Waals surface area contributed by atoms with Crippen LogP contribution in [0.2, 0.25) is 0 Å². The lowest BCUT2D eigenvalue weighted by atomic mass is 10.1. The fraction of sp³-hybridized carbons (Fsp3) is 0.583. The van der Waals surface area contributed by atoms with Crippen LogP contribution < -0.4 is 5.73 Å². The first-order valence-electron chi connectivity index (χ1n) is 6.39. The normalized spacial score (nSPS) is 22.0. The maximum Gasteiger partial charge on any atom is 0.341 e. The number of hydrogen-bond acceptors (Lipinski definition) is 5. The fourth-order valence-electron chi connectivity index (χ4n) is 2.50. The first-order valence-corrected chi connectivity index (χ1v) is 8.82. The highest BCUT2D eigenvalue weighted by molar-refractivity contribution is 7.92. The van der Waals surface area contributed by atoms with E-state index in [-0.39, 0.29) is 29.2 Å². The summed E-state index contributed by atoms with van der Waals surface area (Å²) in [5.74, 6) is -3.90. The molecule has 1 saturated heterocycles. The Morgan fingerprint density at radius 1 is 1.55 bits per heavy atom. The van der Waals surface area contributed by atoms with Gasteiger partial charge in [0.2, 0.25) is 9.84 Å². The first-order chi connectivity index (χ1) is 9.78. The van der Waals surface area contributed by atoms with Crippen LogP contribution in [-0.2, 0) is 9.84 Å². The molecule has 1 aromatic heterocycles. The van der Waals surface area contributed by atoms with Crippen molar-refractivity contribution in [3.05, 3.63) is 16.3 Å². The molecular formula is C12H17ClF2N2O3S2. The van der Waals surface area contributed by atoms with Crippen molar-refractivity contribution >= 4 is 39.5 Å². The van der Waals surface area contributed by atoms with Gasteiger partial charge in [-0.15, -0.1) is 23.7 Å². The maximum atomic E-state index is 12.7. The quantitative estimate of drug-likeness (QED) is 0.873. The highest BCUT2D eigenvalue weighted by Gasteiger charge is 2.37. The highest BCUT2D eigenvalue weighted by atomic mass is 35.5. The summed E-state index contributed by atoms with van der Waals surface area (Å²) in [6.45, 7) is 2.69. The Balaban J connectivity index is 0.00000242. The van der Waals surface area contributed by atoms with E-state index in [1.807, 2.05) is 6.92 Å². The summed E-state index contributed by atoms with van der Waals surface area (Å²) in [4.78, 5) is 13.2. The summed E-state index contributed by atoms with van der Waals surface area (Å²) in [6.07, 6.45) is 0.727. The van der Waals surface area contributed by atoms with Crippen LogP contribution in [-0.4, -0.2) is 44.1 Å². The van der Waals surface area contributed by atoms with Gasteiger partial charge in [-0.3, -0.25) is 4.79 Å². The van der Waals surface area contributed by atoms with Gasteiger partial charge in [0.05, 0.1) is 4.90 Å². The molecule has 126 valence electrons. The molecule has 2 unspecified atom stereocenters. The third-order valence-electron chi connectivity index (χ3n) is 3.62. The predicted octanol–water partition coefficient (Wildman–Crippen LogP) is 1.98. The number of nitrogens with zero attached hydrogens (tertiary/aromatic N) is 1. The van der Waals surface area contributed by atoms with E-state index in [0.29, 0.717) is 13.1 Å². The number of carbonyl (C=O) groups excluding carboxylic acids is 1. The van der Waals surface area contributed by atoms with Gasteiger partial charge in [0.25, 0.3) is 5.91 Å². The molecule has 2 heterocycles. The number of thiophene rings is 1. The molecule has 0 spiro atoms. The van der Waals surface area contributed by atoms with Gasteiger partial charge in [-0.2, -0.15) is 8.78 Å². The van der Waals surface area contributed by atoms with Crippen LogP contribution in [0.15, 0.2) is 16.3 Å². The molecule has 1 aliphatic heterocycles. The fourth-order valence-corrected chi connectivity index (χ4v) is 4.62. The minimum atomic E-state index is -4.77. The Bertz CT molecular complexity index is 636. The van der Waals surface area contributed by atoms with Crippen LogP contribution in [0.5, 0.6) is 0 Å². The summed E-state index contributed by atoms with van der Waals surface area (Å²) in [5.41, 5.74) is 5.59. The number of carbonyl (C=O) groups is 1. The Morgan fingerprint density at radius 3 is 2.68 bits per heavy atom. The molecule has 2 rings (SSSR count). The van der Waals surface area contributed by atoms with Crippen molar-refractivity contribution in [3.8, 4) is 0 Å². The standard InChI is InChI=1S/C12H16F2N2O3S2.ClH/c1-7-4-8(5-15)6-16(7)11(17)10-9(2-3-20-10)21(18,19)12(13)14;/h2-3,7-8,12H,4-6,15H2,1H3;1H. The molecule has 5 nitrogen and oxygen atoms in total. The zero-order valence-electron chi connectivity index (χ0n) is 11.7. The van der Waals surface area contributed by atoms with Crippen LogP contribution >= 0.6 is 23.7 Å². The molecule has 0 aliphatic carbocycles. The minimum Gasteiger partial charge on any atom is -0.335 e. The Morgan fingerprint density at radius 2 is 2.18 bits per heavy atom. The molecular weight excluding hydrogens is 358 g/mol. The first kappa shape index (κ1) is 19.3. The Hall–Kier alpha value is -0.770. The molecule has 22 heavy (non-hydrogen) atoms. The van der Waals surface area contributed by atoms with Gasteiger partial charge in [0.15, 0.2) is 0 Å². The number of sulfone groups is 1. The third-order valence-corrected chi connectivity index (χ3v) is 6.07. The topological polar surface area (TPSA) is 80.5 Å². The monoisotopic (exact) mass is 374 g/mol. The van der Waals surface area contributed by atoms with Gasteiger partial charge >= 0.3 is 5.76 Å². The molecule has 10 heteroatoms. The van der Waals surface area contributed by atoms with E-state index in [9.17, 15) is 22.0 Å². The number of hydrogen-bond donors (Lipinski definition) is 1. The van der Waals surface area contributed by atoms with Crippen molar-refractivity contribution in [1.29, 1.82) is 0 Å². The minimum absolute atomic E-state index is 0. The summed E-state index contributed by atoms with van der Waals surface area (Å²) in [7, 11) is -4.77. The molecule has 1 fully saturated rings. The predicted molar refractivity (Wildman–Crippen MR) is 82.4 cm³/mol. The van der Waals surface area contributed by atoms with Crippen molar-refractivity contribution in [2.45, 2.75) is 30.0 Å². The van der Waals surface area contributed by atoms with Crippen LogP contribution in [0.25, 0.3) is 0 Å². The van der Waals surface area contributed by atoms with E-state index in [4.69, 9.17) is 5.73 Å². The number of halogens is 3. The highest BCUT2D eigenvalue weighted by Crippen LogP contribution is 2.31. The van der Waals surface area contributed by atoms with Crippen LogP contribution in [0.3, 0.4) is 0 Å². The van der Waals surface area contributed by atoms with E-state index in [1.54, 1.807) is 0 Å². The lowest BCUT2D eigenvalue weighted by Gasteiger charge is -2.21. The van der Waals surface area contributed by atoms with Crippen molar-refractivity contribution in [1.82, 2.24) is 4.90 Å². The second-order valence-electron chi connectivity index (χ2n) is 5.06. The van der Waals surface area contributed by atoms with Crippen LogP contribution in [0, 0.1) is 5.92 Å². The van der Waals surface area contributed by atoms with E-state index < -0.39 is 26.4 Å². The lowest BCUT2D eigenvalue weighted by Crippen LogP contribution is -2.34. The lowest BCUT2D eigenvalue weighted by molar-refractivity contribution is 0.0744. The summed E-state index contributed by atoms with van der Waals surface area (Å²) >= 11 is 0.865. The summed E-state index contributed by atoms with van der Waals surface area (Å²) < 4.78 is 48.5. The van der Waals surface area contributed by atoms with Gasteiger partial charge in [-0.25, -0.2) is 8.42 Å². The van der Waals surface area contributed by atoms with Crippen LogP contribution in [0.4, 0.5) is 8.78 Å². The molecule has 2 N–H and O–H groups in total. The number of alkyl halides is 2. The average Bonchev–Trinajstić information content (AvgIpc) is 3.04. The molecule has 2 atom stereocenters. The van der Waals surface area contributed by atoms with E-state index in [1.165, 1.54) is 10.3 Å². The maximum absolute atomic E-state index is 12.7. The SMILES string of the molecule is CC1CC(CN)CN1C(=O)c1sccc1S(=O)(=O)C(F)F.Cl. The van der Waals surface area contributed by atoms with Gasteiger partial charge in [-0.1, -0.05) is 0 Å². The number of likely N-dealkylation sites (tertiary alicyclic amines) is 1. The summed E-state index contributed by atoms with van der Waals surface area (Å²) in [6, 6.07) is 0.968. The number of nitrogens with two attached hydrogens (primary N) is 1. The van der Waals surface area contributed by atoms with E-state index in [2.05, 4.69) is 0 Å². The molecule has 0 radical (unpaired) electrons. The molecule has 1 aliphatic rings. The molecule has 1 amide bonds. The van der Waals surface area contributed by atoms with Crippen molar-refractivity contribution in [2.75, 3.05) is 13.1 Å². The van der Waals surface area contributed by atoms with E-state index >= 15 is 0 Å². The van der Waals surface area contributed by atoms with Crippen molar-refractivity contribution in [3.63, 3.8) is 0 Å². The zero-order chi connectivity index (χ0) is 15.8. The smallest absolute Gasteiger partial charge is 0.335 e. The second kappa shape index (κ2) is 7.20. The van der Waals surface area contributed by atoms with Gasteiger partial charge < -0.3 is 10.6 Å². The van der Waals surface area contributed by atoms with Gasteiger partial charge in [0, 0.05) is 12.6 Å². The zero-order valence-corrected chi connectivity index (χ0v) is 14.2. The molecule has 1 aromatic rings.